The molecule has 1 saturated carbocycles. The highest BCUT2D eigenvalue weighted by Gasteiger charge is 2.23. The number of aryl methyl sites for hydroxylation is 2. The smallest absolute Gasteiger partial charge is 0.113 e. The van der Waals surface area contributed by atoms with E-state index in [1.165, 1.54) is 56.5 Å². The van der Waals surface area contributed by atoms with E-state index in [4.69, 9.17) is 4.98 Å². The lowest BCUT2D eigenvalue weighted by Crippen LogP contribution is -2.35. The molecule has 1 fully saturated rings. The van der Waals surface area contributed by atoms with Gasteiger partial charge in [0.25, 0.3) is 0 Å². The highest BCUT2D eigenvalue weighted by Crippen LogP contribution is 2.27. The Morgan fingerprint density at radius 1 is 1.22 bits per heavy atom. The Hall–Kier alpha value is -0.830. The Morgan fingerprint density at radius 2 is 2.06 bits per heavy atom. The molecule has 1 aliphatic carbocycles. The van der Waals surface area contributed by atoms with E-state index in [1.807, 2.05) is 0 Å². The van der Waals surface area contributed by atoms with Gasteiger partial charge in [-0.05, 0) is 32.6 Å². The van der Waals surface area contributed by atoms with Crippen molar-refractivity contribution in [3.8, 4) is 0 Å². The maximum atomic E-state index is 4.72. The molecule has 2 aliphatic rings. The van der Waals surface area contributed by atoms with Crippen LogP contribution in [0, 0.1) is 6.92 Å². The Labute approximate surface area is 110 Å². The summed E-state index contributed by atoms with van der Waals surface area (Å²) in [5.74, 6) is 1.96. The van der Waals surface area contributed by atoms with Gasteiger partial charge in [0, 0.05) is 31.2 Å². The lowest BCUT2D eigenvalue weighted by atomic mass is 9.93. The second-order valence-corrected chi connectivity index (χ2v) is 6.02. The van der Waals surface area contributed by atoms with Gasteiger partial charge < -0.3 is 9.88 Å². The van der Waals surface area contributed by atoms with Crippen LogP contribution in [0.4, 0.5) is 0 Å². The lowest BCUT2D eigenvalue weighted by molar-refractivity contribution is 0.343. The van der Waals surface area contributed by atoms with Crippen molar-refractivity contribution in [1.82, 2.24) is 14.9 Å². The summed E-state index contributed by atoms with van der Waals surface area (Å²) in [7, 11) is 0. The van der Waals surface area contributed by atoms with Crippen molar-refractivity contribution in [2.75, 3.05) is 6.54 Å². The first kappa shape index (κ1) is 12.2. The highest BCUT2D eigenvalue weighted by atomic mass is 15.1. The minimum atomic E-state index is 0.634. The molecule has 0 saturated heterocycles. The molecule has 3 heteroatoms. The fourth-order valence-electron chi connectivity index (χ4n) is 3.52. The molecular formula is C15H25N3. The maximum Gasteiger partial charge on any atom is 0.113 e. The summed E-state index contributed by atoms with van der Waals surface area (Å²) < 4.78 is 2.37. The van der Waals surface area contributed by atoms with Crippen LogP contribution < -0.4 is 5.32 Å². The Morgan fingerprint density at radius 3 is 2.89 bits per heavy atom. The van der Waals surface area contributed by atoms with E-state index < -0.39 is 0 Å². The average molecular weight is 247 g/mol. The molecule has 1 aliphatic heterocycles. The number of hydrogen-bond donors (Lipinski definition) is 1. The van der Waals surface area contributed by atoms with Crippen molar-refractivity contribution in [2.45, 2.75) is 70.4 Å². The third-order valence-electron chi connectivity index (χ3n) is 4.50. The van der Waals surface area contributed by atoms with Crippen LogP contribution in [0.5, 0.6) is 0 Å². The molecule has 0 amide bonds. The summed E-state index contributed by atoms with van der Waals surface area (Å²) in [6.45, 7) is 4.40. The Kier molecular flexibility index (Phi) is 3.69. The first-order valence-corrected chi connectivity index (χ1v) is 7.60. The average Bonchev–Trinajstić information content (AvgIpc) is 2.78. The van der Waals surface area contributed by atoms with Gasteiger partial charge in [0.2, 0.25) is 0 Å². The molecule has 1 aromatic rings. The number of nitrogens with zero attached hydrogens (tertiary/aromatic N) is 2. The van der Waals surface area contributed by atoms with Crippen LogP contribution in [0.15, 0.2) is 6.20 Å². The summed E-state index contributed by atoms with van der Waals surface area (Å²) in [4.78, 5) is 4.72. The number of rotatable bonds is 3. The van der Waals surface area contributed by atoms with Crippen molar-refractivity contribution in [3.63, 3.8) is 0 Å². The van der Waals surface area contributed by atoms with E-state index >= 15 is 0 Å². The van der Waals surface area contributed by atoms with Gasteiger partial charge in [-0.3, -0.25) is 0 Å². The van der Waals surface area contributed by atoms with Gasteiger partial charge in [-0.2, -0.15) is 0 Å². The molecule has 2 heterocycles. The molecule has 3 rings (SSSR count). The van der Waals surface area contributed by atoms with Crippen molar-refractivity contribution in [3.05, 3.63) is 17.7 Å². The van der Waals surface area contributed by atoms with Crippen LogP contribution in [0.25, 0.3) is 0 Å². The van der Waals surface area contributed by atoms with Gasteiger partial charge >= 0.3 is 0 Å². The second kappa shape index (κ2) is 5.43. The first-order valence-electron chi connectivity index (χ1n) is 7.60. The third kappa shape index (κ3) is 2.61. The largest absolute Gasteiger partial charge is 0.334 e. The monoisotopic (exact) mass is 247 g/mol. The highest BCUT2D eigenvalue weighted by molar-refractivity contribution is 5.09. The van der Waals surface area contributed by atoms with E-state index in [0.29, 0.717) is 5.92 Å². The number of imidazole rings is 1. The van der Waals surface area contributed by atoms with Gasteiger partial charge in [-0.15, -0.1) is 0 Å². The Bertz CT molecular complexity index is 390. The molecule has 1 N–H and O–H groups in total. The maximum absolute atomic E-state index is 4.72. The predicted molar refractivity (Wildman–Crippen MR) is 73.8 cm³/mol. The van der Waals surface area contributed by atoms with Crippen molar-refractivity contribution in [1.29, 1.82) is 0 Å². The van der Waals surface area contributed by atoms with Crippen molar-refractivity contribution in [2.24, 2.45) is 0 Å². The van der Waals surface area contributed by atoms with Crippen LogP contribution in [-0.4, -0.2) is 22.1 Å². The standard InChI is InChI=1S/C15H25N3/c1-12-11-18-9-5-6-13(15(18)17-12)10-16-14-7-3-2-4-8-14/h11,13-14,16H,2-10H2,1H3. The van der Waals surface area contributed by atoms with E-state index in [-0.39, 0.29) is 0 Å². The molecule has 0 bridgehead atoms. The summed E-state index contributed by atoms with van der Waals surface area (Å²) in [6, 6.07) is 0.769. The summed E-state index contributed by atoms with van der Waals surface area (Å²) in [5.41, 5.74) is 1.18. The molecule has 100 valence electrons. The molecule has 0 aromatic carbocycles. The first-order chi connectivity index (χ1) is 8.83. The fraction of sp³-hybridized carbons (Fsp3) is 0.800. The number of fused-ring (bicyclic) bond motifs is 1. The quantitative estimate of drug-likeness (QED) is 0.890. The lowest BCUT2D eigenvalue weighted by Gasteiger charge is -2.28. The topological polar surface area (TPSA) is 29.9 Å². The molecule has 1 atom stereocenters. The van der Waals surface area contributed by atoms with Crippen LogP contribution in [0.2, 0.25) is 0 Å². The molecule has 3 nitrogen and oxygen atoms in total. The molecule has 0 spiro atoms. The number of nitrogens with one attached hydrogen (secondary N) is 1. The van der Waals surface area contributed by atoms with E-state index in [0.717, 1.165) is 19.1 Å². The van der Waals surface area contributed by atoms with Crippen LogP contribution in [0.3, 0.4) is 0 Å². The van der Waals surface area contributed by atoms with E-state index in [9.17, 15) is 0 Å². The van der Waals surface area contributed by atoms with Crippen LogP contribution in [-0.2, 0) is 6.54 Å². The van der Waals surface area contributed by atoms with Gasteiger partial charge in [0.15, 0.2) is 0 Å². The Balaban J connectivity index is 1.59. The number of hydrogen-bond acceptors (Lipinski definition) is 2. The fourth-order valence-corrected chi connectivity index (χ4v) is 3.52. The molecule has 1 aromatic heterocycles. The molecule has 1 unspecified atom stereocenters. The third-order valence-corrected chi connectivity index (χ3v) is 4.50. The minimum absolute atomic E-state index is 0.634. The van der Waals surface area contributed by atoms with Crippen molar-refractivity contribution < 1.29 is 0 Å². The van der Waals surface area contributed by atoms with Crippen molar-refractivity contribution >= 4 is 0 Å². The molecule has 0 radical (unpaired) electrons. The summed E-state index contributed by atoms with van der Waals surface area (Å²) >= 11 is 0. The van der Waals surface area contributed by atoms with E-state index in [2.05, 4.69) is 23.0 Å². The van der Waals surface area contributed by atoms with Gasteiger partial charge in [-0.1, -0.05) is 19.3 Å². The van der Waals surface area contributed by atoms with Crippen LogP contribution >= 0.6 is 0 Å². The molecular weight excluding hydrogens is 222 g/mol. The van der Waals surface area contributed by atoms with E-state index in [1.54, 1.807) is 0 Å². The zero-order valence-corrected chi connectivity index (χ0v) is 11.5. The van der Waals surface area contributed by atoms with Gasteiger partial charge in [-0.25, -0.2) is 4.98 Å². The normalized spacial score (nSPS) is 25.1. The predicted octanol–water partition coefficient (Wildman–Crippen LogP) is 2.99. The van der Waals surface area contributed by atoms with Gasteiger partial charge in [0.1, 0.15) is 5.82 Å². The SMILES string of the molecule is Cc1cn2c(n1)C(CNC1CCCCC1)CCC2. The minimum Gasteiger partial charge on any atom is -0.334 e. The zero-order valence-electron chi connectivity index (χ0n) is 11.5. The zero-order chi connectivity index (χ0) is 12.4. The van der Waals surface area contributed by atoms with Gasteiger partial charge in [0.05, 0.1) is 5.69 Å². The number of aromatic nitrogens is 2. The van der Waals surface area contributed by atoms with Crippen LogP contribution in [0.1, 0.15) is 62.4 Å². The summed E-state index contributed by atoms with van der Waals surface area (Å²) in [5, 5.41) is 3.79. The summed E-state index contributed by atoms with van der Waals surface area (Å²) in [6.07, 6.45) is 11.8. The second-order valence-electron chi connectivity index (χ2n) is 6.02. The molecule has 18 heavy (non-hydrogen) atoms.